The zero-order valence-corrected chi connectivity index (χ0v) is 34.5. The van der Waals surface area contributed by atoms with Gasteiger partial charge in [0.2, 0.25) is 5.91 Å². The first kappa shape index (κ1) is 40.2. The maximum atomic E-state index is 13.4. The van der Waals surface area contributed by atoms with Crippen LogP contribution in [0.4, 0.5) is 11.5 Å². The van der Waals surface area contributed by atoms with E-state index in [4.69, 9.17) is 16.3 Å². The number of benzene rings is 2. The number of imide groups is 1. The van der Waals surface area contributed by atoms with E-state index in [1.54, 1.807) is 36.8 Å². The van der Waals surface area contributed by atoms with Crippen molar-refractivity contribution in [1.82, 2.24) is 35.3 Å². The van der Waals surface area contributed by atoms with Crippen molar-refractivity contribution >= 4 is 51.6 Å². The molecule has 1 aliphatic carbocycles. The molecule has 4 aromatic rings. The van der Waals surface area contributed by atoms with Gasteiger partial charge in [0.15, 0.2) is 0 Å². The van der Waals surface area contributed by atoms with Gasteiger partial charge >= 0.3 is 0 Å². The molecule has 3 aliphatic heterocycles. The second-order valence-corrected chi connectivity index (χ2v) is 17.8. The standard InChI is InChI=1S/C43H49ClN10O5/c1-42(2)40(43(3,4)41(42)59-30-7-5-27(21-45)32(44)20-30)50-37(56)33-23-47-35(24-46-33)53-13-11-26(12-14-53)25-51-15-17-52(18-16-51)29-6-8-31-28(19-29)22-48-54(39(31)58)34-9-10-36(55)49-38(34)57/h5-8,19-20,22-24,26,34,40-41H,9-18,25H2,1-4H3,(H,50,56)(H,49,55,57)/t34-,40-,41-/m0/s1. The quantitative estimate of drug-likeness (QED) is 0.229. The highest BCUT2D eigenvalue weighted by Gasteiger charge is 2.64. The fourth-order valence-electron chi connectivity index (χ4n) is 9.79. The molecule has 2 N–H and O–H groups in total. The molecule has 3 saturated heterocycles. The molecule has 0 unspecified atom stereocenters. The van der Waals surface area contributed by atoms with Gasteiger partial charge < -0.3 is 19.9 Å². The van der Waals surface area contributed by atoms with E-state index in [2.05, 4.69) is 74.2 Å². The van der Waals surface area contributed by atoms with Gasteiger partial charge in [-0.3, -0.25) is 29.4 Å². The molecular formula is C43H49ClN10O5. The number of piperazine rings is 1. The molecule has 3 amide bonds. The molecule has 0 bridgehead atoms. The molecule has 2 aromatic heterocycles. The number of anilines is 2. The first-order valence-corrected chi connectivity index (χ1v) is 20.7. The van der Waals surface area contributed by atoms with E-state index in [0.29, 0.717) is 27.6 Å². The van der Waals surface area contributed by atoms with Crippen LogP contribution < -0.4 is 30.7 Å². The van der Waals surface area contributed by atoms with Gasteiger partial charge in [-0.2, -0.15) is 10.4 Å². The Labute approximate surface area is 347 Å². The van der Waals surface area contributed by atoms with Crippen molar-refractivity contribution in [2.75, 3.05) is 55.6 Å². The van der Waals surface area contributed by atoms with Crippen molar-refractivity contribution in [3.8, 4) is 11.8 Å². The largest absolute Gasteiger partial charge is 0.489 e. The number of aromatic nitrogens is 4. The molecule has 4 aliphatic rings. The van der Waals surface area contributed by atoms with Gasteiger partial charge in [-0.1, -0.05) is 39.3 Å². The highest BCUT2D eigenvalue weighted by Crippen LogP contribution is 2.55. The summed E-state index contributed by atoms with van der Waals surface area (Å²) in [7, 11) is 0. The lowest BCUT2D eigenvalue weighted by Crippen LogP contribution is -2.74. The van der Waals surface area contributed by atoms with E-state index in [0.717, 1.165) is 75.5 Å². The van der Waals surface area contributed by atoms with Gasteiger partial charge in [0.05, 0.1) is 34.6 Å². The van der Waals surface area contributed by atoms with Crippen LogP contribution >= 0.6 is 11.6 Å². The van der Waals surface area contributed by atoms with Crippen molar-refractivity contribution in [1.29, 1.82) is 5.26 Å². The fourth-order valence-corrected chi connectivity index (χ4v) is 10.00. The molecule has 8 rings (SSSR count). The number of hydrogen-bond acceptors (Lipinski definition) is 12. The Kier molecular flexibility index (Phi) is 10.8. The molecule has 0 spiro atoms. The van der Waals surface area contributed by atoms with Crippen LogP contribution in [-0.2, 0) is 9.59 Å². The average molecular weight is 821 g/mol. The molecule has 1 atom stereocenters. The van der Waals surface area contributed by atoms with Crippen LogP contribution in [0.1, 0.15) is 75.5 Å². The first-order valence-electron chi connectivity index (χ1n) is 20.3. The minimum absolute atomic E-state index is 0.179. The molecule has 0 radical (unpaired) electrons. The zero-order valence-electron chi connectivity index (χ0n) is 33.8. The molecule has 59 heavy (non-hydrogen) atoms. The second kappa shape index (κ2) is 15.9. The molecule has 2 aromatic carbocycles. The summed E-state index contributed by atoms with van der Waals surface area (Å²) >= 11 is 6.24. The van der Waals surface area contributed by atoms with Crippen molar-refractivity contribution in [2.45, 2.75) is 71.6 Å². The number of fused-ring (bicyclic) bond motifs is 1. The highest BCUT2D eigenvalue weighted by molar-refractivity contribution is 6.31. The fraction of sp³-hybridized carbons (Fsp3) is 0.488. The summed E-state index contributed by atoms with van der Waals surface area (Å²) in [6.07, 6.45) is 7.20. The van der Waals surface area contributed by atoms with Crippen LogP contribution in [0, 0.1) is 28.1 Å². The maximum Gasteiger partial charge on any atom is 0.275 e. The van der Waals surface area contributed by atoms with Gasteiger partial charge in [-0.05, 0) is 55.5 Å². The van der Waals surface area contributed by atoms with Crippen molar-refractivity contribution in [3.63, 3.8) is 0 Å². The van der Waals surface area contributed by atoms with Crippen LogP contribution in [0.5, 0.6) is 5.75 Å². The Balaban J connectivity index is 0.792. The van der Waals surface area contributed by atoms with Crippen LogP contribution in [0.15, 0.2) is 59.8 Å². The molecule has 308 valence electrons. The summed E-state index contributed by atoms with van der Waals surface area (Å²) < 4.78 is 7.56. The molecular weight excluding hydrogens is 772 g/mol. The van der Waals surface area contributed by atoms with Crippen LogP contribution in [0.3, 0.4) is 0 Å². The number of carbonyl (C=O) groups is 3. The summed E-state index contributed by atoms with van der Waals surface area (Å²) in [5.74, 6) is 0.829. The number of carbonyl (C=O) groups excluding carboxylic acids is 3. The summed E-state index contributed by atoms with van der Waals surface area (Å²) in [4.78, 5) is 66.9. The Hall–Kier alpha value is -5.59. The Bertz CT molecular complexity index is 2360. The number of rotatable bonds is 9. The number of amides is 3. The minimum atomic E-state index is -0.787. The lowest BCUT2D eigenvalue weighted by atomic mass is 9.49. The number of ether oxygens (including phenoxy) is 1. The SMILES string of the molecule is CC1(C)[C@H](NC(=O)c2cnc(N3CCC(CN4CCN(c5ccc6c(=O)n([C@H]7CCC(=O)NC7=O)ncc6c5)CC4)CC3)cn2)C(C)(C)[C@H]1Oc1ccc(C#N)c(Cl)c1. The van der Waals surface area contributed by atoms with Crippen molar-refractivity contribution in [2.24, 2.45) is 16.7 Å². The van der Waals surface area contributed by atoms with Gasteiger partial charge in [0.1, 0.15) is 35.5 Å². The molecule has 1 saturated carbocycles. The first-order chi connectivity index (χ1) is 28.2. The van der Waals surface area contributed by atoms with Crippen LogP contribution in [0.25, 0.3) is 10.8 Å². The average Bonchev–Trinajstić information content (AvgIpc) is 3.22. The smallest absolute Gasteiger partial charge is 0.275 e. The van der Waals surface area contributed by atoms with E-state index in [1.165, 1.54) is 4.68 Å². The number of nitriles is 1. The van der Waals surface area contributed by atoms with Crippen LogP contribution in [0.2, 0.25) is 5.02 Å². The van der Waals surface area contributed by atoms with Crippen molar-refractivity contribution in [3.05, 3.63) is 81.6 Å². The lowest BCUT2D eigenvalue weighted by molar-refractivity contribution is -0.164. The highest BCUT2D eigenvalue weighted by atomic mass is 35.5. The molecule has 4 fully saturated rings. The summed E-state index contributed by atoms with van der Waals surface area (Å²) in [6, 6.07) is 11.9. The number of nitrogens with zero attached hydrogens (tertiary/aromatic N) is 8. The molecule has 16 heteroatoms. The Morgan fingerprint density at radius 1 is 0.932 bits per heavy atom. The van der Waals surface area contributed by atoms with E-state index in [9.17, 15) is 24.4 Å². The van der Waals surface area contributed by atoms with Crippen LogP contribution in [-0.4, -0.2) is 100 Å². The monoisotopic (exact) mass is 820 g/mol. The molecule has 15 nitrogen and oxygen atoms in total. The second-order valence-electron chi connectivity index (χ2n) is 17.4. The predicted octanol–water partition coefficient (Wildman–Crippen LogP) is 4.34. The van der Waals surface area contributed by atoms with E-state index in [1.807, 2.05) is 18.2 Å². The Morgan fingerprint density at radius 2 is 1.68 bits per heavy atom. The Morgan fingerprint density at radius 3 is 2.34 bits per heavy atom. The predicted molar refractivity (Wildman–Crippen MR) is 222 cm³/mol. The number of halogens is 1. The third-order valence-corrected chi connectivity index (χ3v) is 13.1. The van der Waals surface area contributed by atoms with Gasteiger partial charge in [-0.25, -0.2) is 14.6 Å². The summed E-state index contributed by atoms with van der Waals surface area (Å²) in [5.41, 5.74) is 0.583. The topological polar surface area (TPSA) is 179 Å². The van der Waals surface area contributed by atoms with E-state index >= 15 is 0 Å². The third-order valence-electron chi connectivity index (χ3n) is 12.8. The third kappa shape index (κ3) is 7.83. The van der Waals surface area contributed by atoms with E-state index in [-0.39, 0.29) is 48.1 Å². The maximum absolute atomic E-state index is 13.4. The minimum Gasteiger partial charge on any atom is -0.489 e. The number of hydrogen-bond donors (Lipinski definition) is 2. The van der Waals surface area contributed by atoms with Gasteiger partial charge in [0, 0.05) is 86.2 Å². The normalized spacial score (nSPS) is 23.3. The van der Waals surface area contributed by atoms with Crippen molar-refractivity contribution < 1.29 is 19.1 Å². The zero-order chi connectivity index (χ0) is 41.6. The number of nitrogens with one attached hydrogen (secondary N) is 2. The summed E-state index contributed by atoms with van der Waals surface area (Å²) in [6.45, 7) is 14.7. The van der Waals surface area contributed by atoms with E-state index < -0.39 is 22.8 Å². The van der Waals surface area contributed by atoms with Gasteiger partial charge in [-0.15, -0.1) is 0 Å². The molecule has 5 heterocycles. The number of piperidine rings is 2. The summed E-state index contributed by atoms with van der Waals surface area (Å²) in [5, 5.41) is 20.6. The van der Waals surface area contributed by atoms with Gasteiger partial charge in [0.25, 0.3) is 17.4 Å². The lowest BCUT2D eigenvalue weighted by Gasteiger charge is -2.63.